The van der Waals surface area contributed by atoms with E-state index in [1.165, 1.54) is 12.8 Å². The predicted molar refractivity (Wildman–Crippen MR) is 189 cm³/mol. The number of nitrogens with two attached hydrogens (primary N) is 2. The number of aliphatic carboxylic acids is 1. The Labute approximate surface area is 283 Å². The average Bonchev–Trinajstić information content (AvgIpc) is 3.20. The van der Waals surface area contributed by atoms with Gasteiger partial charge in [-0.25, -0.2) is 0 Å². The van der Waals surface area contributed by atoms with Gasteiger partial charge in [0.1, 0.15) is 6.04 Å². The lowest BCUT2D eigenvalue weighted by Crippen LogP contribution is -2.49. The largest absolute Gasteiger partial charge is 0.480 e. The van der Waals surface area contributed by atoms with Gasteiger partial charge in [0.15, 0.2) is 5.96 Å². The molecule has 2 aromatic rings. The molecule has 260 valence electrons. The zero-order chi connectivity index (χ0) is 33.9. The predicted octanol–water partition coefficient (Wildman–Crippen LogP) is 2.12. The Morgan fingerprint density at radius 2 is 1.56 bits per heavy atom. The van der Waals surface area contributed by atoms with Crippen molar-refractivity contribution in [2.24, 2.45) is 22.4 Å². The van der Waals surface area contributed by atoms with Gasteiger partial charge in [-0.1, -0.05) is 24.3 Å². The number of nitrogens with zero attached hydrogens (tertiary/aromatic N) is 5. The van der Waals surface area contributed by atoms with Gasteiger partial charge in [-0.05, 0) is 88.3 Å². The number of para-hydroxylation sites is 3. The van der Waals surface area contributed by atoms with E-state index >= 15 is 0 Å². The molecule has 13 heteroatoms. The highest BCUT2D eigenvalue weighted by atomic mass is 16.4. The zero-order valence-electron chi connectivity index (χ0n) is 27.9. The highest BCUT2D eigenvalue weighted by molar-refractivity contribution is 6.17. The third-order valence-electron chi connectivity index (χ3n) is 9.71. The SMILES string of the molecule is NC(N)=NCCC[C@@H](NCCN1CCN(CCCC2CCN(CC(=O)N3c4ccccc4NC(=O)c4ccccc43)CC2)CC1)C(=O)O. The Morgan fingerprint density at radius 3 is 2.27 bits per heavy atom. The Hall–Kier alpha value is -4.04. The summed E-state index contributed by atoms with van der Waals surface area (Å²) in [5.41, 5.74) is 13.1. The fourth-order valence-corrected chi connectivity index (χ4v) is 6.97. The van der Waals surface area contributed by atoms with Crippen molar-refractivity contribution in [3.05, 3.63) is 54.1 Å². The van der Waals surface area contributed by atoms with Crippen LogP contribution < -0.4 is 27.0 Å². The van der Waals surface area contributed by atoms with Gasteiger partial charge in [-0.2, -0.15) is 0 Å². The molecule has 0 bridgehead atoms. The number of benzene rings is 2. The number of guanidine groups is 1. The summed E-state index contributed by atoms with van der Waals surface area (Å²) in [6.45, 7) is 9.17. The number of hydrogen-bond acceptors (Lipinski definition) is 8. The average molecular weight is 662 g/mol. The van der Waals surface area contributed by atoms with E-state index in [1.807, 2.05) is 42.5 Å². The number of anilines is 3. The second kappa shape index (κ2) is 17.4. The van der Waals surface area contributed by atoms with Crippen molar-refractivity contribution < 1.29 is 19.5 Å². The van der Waals surface area contributed by atoms with Gasteiger partial charge in [0.2, 0.25) is 5.91 Å². The number of amides is 2. The Balaban J connectivity index is 0.981. The molecule has 2 amide bonds. The first kappa shape index (κ1) is 35.3. The molecular weight excluding hydrogens is 610 g/mol. The van der Waals surface area contributed by atoms with Crippen LogP contribution in [0.1, 0.15) is 48.9 Å². The van der Waals surface area contributed by atoms with Crippen LogP contribution in [0.3, 0.4) is 0 Å². The zero-order valence-corrected chi connectivity index (χ0v) is 27.9. The molecule has 3 aliphatic heterocycles. The first-order chi connectivity index (χ1) is 23.3. The summed E-state index contributed by atoms with van der Waals surface area (Å²) < 4.78 is 0. The van der Waals surface area contributed by atoms with Crippen LogP contribution in [-0.2, 0) is 9.59 Å². The molecule has 0 spiro atoms. The molecule has 0 aromatic heterocycles. The number of carbonyl (C=O) groups excluding carboxylic acids is 2. The molecule has 2 aromatic carbocycles. The summed E-state index contributed by atoms with van der Waals surface area (Å²) in [6.07, 6.45) is 5.66. The molecule has 2 fully saturated rings. The first-order valence-corrected chi connectivity index (χ1v) is 17.3. The van der Waals surface area contributed by atoms with Crippen LogP contribution in [0.2, 0.25) is 0 Å². The number of nitrogens with one attached hydrogen (secondary N) is 2. The number of hydrogen-bond donors (Lipinski definition) is 5. The van der Waals surface area contributed by atoms with E-state index in [9.17, 15) is 19.5 Å². The van der Waals surface area contributed by atoms with Crippen molar-refractivity contribution in [3.8, 4) is 0 Å². The van der Waals surface area contributed by atoms with Gasteiger partial charge < -0.3 is 32.1 Å². The van der Waals surface area contributed by atoms with E-state index in [2.05, 4.69) is 30.3 Å². The van der Waals surface area contributed by atoms with Gasteiger partial charge in [0.05, 0.1) is 29.2 Å². The Morgan fingerprint density at radius 1 is 0.896 bits per heavy atom. The van der Waals surface area contributed by atoms with Crippen molar-refractivity contribution in [3.63, 3.8) is 0 Å². The number of piperidine rings is 1. The minimum Gasteiger partial charge on any atom is -0.480 e. The molecule has 48 heavy (non-hydrogen) atoms. The van der Waals surface area contributed by atoms with Crippen LogP contribution in [0.5, 0.6) is 0 Å². The number of carbonyl (C=O) groups is 3. The molecule has 0 unspecified atom stereocenters. The number of piperazine rings is 1. The van der Waals surface area contributed by atoms with Gasteiger partial charge in [0, 0.05) is 45.8 Å². The molecule has 0 aliphatic carbocycles. The van der Waals surface area contributed by atoms with Crippen molar-refractivity contribution in [1.82, 2.24) is 20.0 Å². The van der Waals surface area contributed by atoms with E-state index in [0.29, 0.717) is 61.0 Å². The maximum Gasteiger partial charge on any atom is 0.320 e. The molecular formula is C35H51N9O4. The number of fused-ring (bicyclic) bond motifs is 2. The molecule has 2 saturated heterocycles. The van der Waals surface area contributed by atoms with Crippen LogP contribution in [0, 0.1) is 5.92 Å². The minimum atomic E-state index is -0.842. The molecule has 1 atom stereocenters. The van der Waals surface area contributed by atoms with E-state index < -0.39 is 12.0 Å². The topological polar surface area (TPSA) is 173 Å². The lowest BCUT2D eigenvalue weighted by atomic mass is 9.92. The van der Waals surface area contributed by atoms with Crippen LogP contribution in [0.4, 0.5) is 17.1 Å². The van der Waals surface area contributed by atoms with E-state index in [4.69, 9.17) is 11.5 Å². The van der Waals surface area contributed by atoms with Crippen LogP contribution in [0.15, 0.2) is 53.5 Å². The van der Waals surface area contributed by atoms with Crippen molar-refractivity contribution >= 4 is 40.8 Å². The molecule has 3 aliphatic rings. The summed E-state index contributed by atoms with van der Waals surface area (Å²) in [5, 5.41) is 15.6. The number of rotatable bonds is 15. The number of likely N-dealkylation sites (tertiary alicyclic amines) is 1. The normalized spacial score (nSPS) is 18.3. The van der Waals surface area contributed by atoms with Gasteiger partial charge in [-0.3, -0.25) is 34.1 Å². The summed E-state index contributed by atoms with van der Waals surface area (Å²) in [7, 11) is 0. The third kappa shape index (κ3) is 9.75. The monoisotopic (exact) mass is 661 g/mol. The van der Waals surface area contributed by atoms with Crippen LogP contribution in [-0.4, -0.2) is 122 Å². The molecule has 0 saturated carbocycles. The fourth-order valence-electron chi connectivity index (χ4n) is 6.97. The molecule has 5 rings (SSSR count). The van der Waals surface area contributed by atoms with Crippen molar-refractivity contribution in [1.29, 1.82) is 0 Å². The standard InChI is InChI=1S/C35H51N9O4/c36-35(37)39-15-5-10-29(34(47)48)38-16-20-42-23-21-41(22-24-42)17-6-7-26-13-18-43(19-14-26)25-32(45)44-30-11-3-1-8-27(30)33(46)40-28-9-2-4-12-31(28)44/h1-4,8-9,11-12,26,29,38H,5-7,10,13-25H2,(H,40,46)(H,47,48)(H4,36,37,39)/t29-/m1/s1. The highest BCUT2D eigenvalue weighted by Gasteiger charge is 2.31. The van der Waals surface area contributed by atoms with Gasteiger partial charge in [0.25, 0.3) is 5.91 Å². The molecule has 7 N–H and O–H groups in total. The second-order valence-electron chi connectivity index (χ2n) is 13.1. The lowest BCUT2D eigenvalue weighted by Gasteiger charge is -2.36. The fraction of sp³-hybridized carbons (Fsp3) is 0.543. The Bertz CT molecular complexity index is 1420. The molecule has 0 radical (unpaired) electrons. The first-order valence-electron chi connectivity index (χ1n) is 17.3. The van der Waals surface area contributed by atoms with Gasteiger partial charge >= 0.3 is 5.97 Å². The van der Waals surface area contributed by atoms with Crippen molar-refractivity contribution in [2.45, 2.75) is 44.6 Å². The summed E-state index contributed by atoms with van der Waals surface area (Å²) in [4.78, 5) is 51.1. The second-order valence-corrected chi connectivity index (χ2v) is 13.1. The minimum absolute atomic E-state index is 0.0269. The van der Waals surface area contributed by atoms with Crippen LogP contribution >= 0.6 is 0 Å². The quantitative estimate of drug-likeness (QED) is 0.108. The van der Waals surface area contributed by atoms with E-state index in [1.54, 1.807) is 11.0 Å². The van der Waals surface area contributed by atoms with E-state index in [-0.39, 0.29) is 17.8 Å². The summed E-state index contributed by atoms with van der Waals surface area (Å²) in [6, 6.07) is 14.2. The maximum atomic E-state index is 13.8. The highest BCUT2D eigenvalue weighted by Crippen LogP contribution is 2.38. The third-order valence-corrected chi connectivity index (χ3v) is 9.71. The number of aliphatic imine (C=N–C) groups is 1. The molecule has 3 heterocycles. The number of carboxylic acids is 1. The maximum absolute atomic E-state index is 13.8. The number of carboxylic acid groups (broad SMARTS) is 1. The van der Waals surface area contributed by atoms with Gasteiger partial charge in [-0.15, -0.1) is 0 Å². The van der Waals surface area contributed by atoms with Crippen molar-refractivity contribution in [2.75, 3.05) is 82.2 Å². The van der Waals surface area contributed by atoms with Crippen LogP contribution in [0.25, 0.3) is 0 Å². The summed E-state index contributed by atoms with van der Waals surface area (Å²) in [5.74, 6) is -0.372. The lowest BCUT2D eigenvalue weighted by molar-refractivity contribution is -0.139. The Kier molecular flexibility index (Phi) is 12.8. The molecule has 13 nitrogen and oxygen atoms in total. The summed E-state index contributed by atoms with van der Waals surface area (Å²) >= 11 is 0. The van der Waals surface area contributed by atoms with E-state index in [0.717, 1.165) is 65.2 Å². The smallest absolute Gasteiger partial charge is 0.320 e.